The van der Waals surface area contributed by atoms with Crippen molar-refractivity contribution in [3.05, 3.63) is 64.7 Å². The molecule has 1 aromatic heterocycles. The van der Waals surface area contributed by atoms with Crippen molar-refractivity contribution in [3.8, 4) is 6.07 Å². The second-order valence-electron chi connectivity index (χ2n) is 5.25. The van der Waals surface area contributed by atoms with Gasteiger partial charge in [0.25, 0.3) is 0 Å². The Balaban J connectivity index is 2.44. The number of benzene rings is 1. The Hall–Kier alpha value is -3.66. The molecule has 0 atom stereocenters. The summed E-state index contributed by atoms with van der Waals surface area (Å²) < 4.78 is 0. The van der Waals surface area contributed by atoms with Gasteiger partial charge in [0.1, 0.15) is 0 Å². The van der Waals surface area contributed by atoms with Crippen molar-refractivity contribution in [2.75, 3.05) is 5.01 Å². The second-order valence-corrected chi connectivity index (χ2v) is 5.25. The van der Waals surface area contributed by atoms with Gasteiger partial charge in [-0.05, 0) is 43.2 Å². The molecule has 0 radical (unpaired) electrons. The SMILES string of the molecule is C=NN(/C(O)=C(\C)c1ccc(C#N)cc1)c1cc(C)c(C(=O)O)cn1. The van der Waals surface area contributed by atoms with Crippen LogP contribution >= 0.6 is 0 Å². The van der Waals surface area contributed by atoms with Crippen molar-refractivity contribution in [1.29, 1.82) is 5.26 Å². The number of aromatic carboxylic acids is 1. The van der Waals surface area contributed by atoms with E-state index in [0.717, 1.165) is 5.01 Å². The van der Waals surface area contributed by atoms with Gasteiger partial charge in [0, 0.05) is 18.5 Å². The zero-order chi connectivity index (χ0) is 18.6. The van der Waals surface area contributed by atoms with Crippen LogP contribution in [0, 0.1) is 18.3 Å². The number of hydrazone groups is 1. The lowest BCUT2D eigenvalue weighted by Crippen LogP contribution is -2.18. The third kappa shape index (κ3) is 3.64. The number of aliphatic hydroxyl groups excluding tert-OH is 1. The van der Waals surface area contributed by atoms with Gasteiger partial charge in [0.15, 0.2) is 5.82 Å². The smallest absolute Gasteiger partial charge is 0.337 e. The van der Waals surface area contributed by atoms with Crippen LogP contribution in [0.15, 0.2) is 47.5 Å². The molecule has 0 aliphatic carbocycles. The highest BCUT2D eigenvalue weighted by Gasteiger charge is 2.17. The fourth-order valence-electron chi connectivity index (χ4n) is 2.21. The van der Waals surface area contributed by atoms with Crippen LogP contribution in [0.4, 0.5) is 5.82 Å². The quantitative estimate of drug-likeness (QED) is 0.492. The zero-order valence-corrected chi connectivity index (χ0v) is 13.8. The van der Waals surface area contributed by atoms with Crippen molar-refractivity contribution in [1.82, 2.24) is 4.98 Å². The number of anilines is 1. The number of carbonyl (C=O) groups is 1. The van der Waals surface area contributed by atoms with E-state index in [-0.39, 0.29) is 17.3 Å². The van der Waals surface area contributed by atoms with Crippen LogP contribution in [0.1, 0.15) is 34.0 Å². The van der Waals surface area contributed by atoms with E-state index in [2.05, 4.69) is 16.8 Å². The topological polar surface area (TPSA) is 110 Å². The molecule has 7 nitrogen and oxygen atoms in total. The lowest BCUT2D eigenvalue weighted by atomic mass is 10.1. The molecule has 0 aliphatic rings. The number of aryl methyl sites for hydroxylation is 1. The summed E-state index contributed by atoms with van der Waals surface area (Å²) in [6, 6.07) is 10.2. The minimum Gasteiger partial charge on any atom is -0.493 e. The van der Waals surface area contributed by atoms with E-state index in [9.17, 15) is 9.90 Å². The molecule has 2 rings (SSSR count). The standard InChI is InChI=1S/C18H16N4O3/c1-11-8-16(21-10-15(11)18(24)25)22(20-3)17(23)12(2)14-6-4-13(9-19)5-7-14/h4-8,10,23H,3H2,1-2H3,(H,24,25)/b17-12-. The molecule has 0 unspecified atom stereocenters. The summed E-state index contributed by atoms with van der Waals surface area (Å²) in [5.74, 6) is -1.04. The Morgan fingerprint density at radius 3 is 2.44 bits per heavy atom. The average molecular weight is 336 g/mol. The Morgan fingerprint density at radius 2 is 1.96 bits per heavy atom. The summed E-state index contributed by atoms with van der Waals surface area (Å²) >= 11 is 0. The minimum atomic E-state index is -1.08. The molecule has 0 aliphatic heterocycles. The Bertz CT molecular complexity index is 896. The van der Waals surface area contributed by atoms with Crippen molar-refractivity contribution in [2.45, 2.75) is 13.8 Å². The summed E-state index contributed by atoms with van der Waals surface area (Å²) in [7, 11) is 0. The Labute approximate surface area is 144 Å². The highest BCUT2D eigenvalue weighted by atomic mass is 16.4. The van der Waals surface area contributed by atoms with E-state index in [1.165, 1.54) is 12.3 Å². The average Bonchev–Trinajstić information content (AvgIpc) is 2.61. The molecule has 0 amide bonds. The fraction of sp³-hybridized carbons (Fsp3) is 0.111. The molecule has 25 heavy (non-hydrogen) atoms. The van der Waals surface area contributed by atoms with E-state index < -0.39 is 5.97 Å². The zero-order valence-electron chi connectivity index (χ0n) is 13.8. The molecule has 0 bridgehead atoms. The molecule has 0 spiro atoms. The number of hydrogen-bond donors (Lipinski definition) is 2. The highest BCUT2D eigenvalue weighted by molar-refractivity contribution is 5.89. The Morgan fingerprint density at radius 1 is 1.32 bits per heavy atom. The summed E-state index contributed by atoms with van der Waals surface area (Å²) in [5, 5.41) is 33.3. The lowest BCUT2D eigenvalue weighted by Gasteiger charge is -2.19. The molecule has 0 saturated heterocycles. The molecular formula is C18H16N4O3. The first-order valence-corrected chi connectivity index (χ1v) is 7.26. The maximum Gasteiger partial charge on any atom is 0.337 e. The monoisotopic (exact) mass is 336 g/mol. The lowest BCUT2D eigenvalue weighted by molar-refractivity contribution is 0.0695. The minimum absolute atomic E-state index is 0.0695. The number of aromatic nitrogens is 1. The normalized spacial score (nSPS) is 11.2. The summed E-state index contributed by atoms with van der Waals surface area (Å²) in [6.45, 7) is 6.75. The molecule has 2 aromatic rings. The van der Waals surface area contributed by atoms with Crippen molar-refractivity contribution >= 4 is 24.1 Å². The second kappa shape index (κ2) is 7.27. The van der Waals surface area contributed by atoms with E-state index in [0.29, 0.717) is 22.3 Å². The van der Waals surface area contributed by atoms with Gasteiger partial charge in [-0.1, -0.05) is 12.1 Å². The molecule has 0 fully saturated rings. The fourth-order valence-corrected chi connectivity index (χ4v) is 2.21. The van der Waals surface area contributed by atoms with Gasteiger partial charge in [0.05, 0.1) is 17.2 Å². The Kier molecular flexibility index (Phi) is 5.15. The van der Waals surface area contributed by atoms with E-state index in [1.807, 2.05) is 6.07 Å². The third-order valence-corrected chi connectivity index (χ3v) is 3.67. The van der Waals surface area contributed by atoms with Crippen molar-refractivity contribution in [2.24, 2.45) is 5.10 Å². The third-order valence-electron chi connectivity index (χ3n) is 3.67. The summed E-state index contributed by atoms with van der Waals surface area (Å²) in [5.41, 5.74) is 2.26. The largest absolute Gasteiger partial charge is 0.493 e. The first-order chi connectivity index (χ1) is 11.9. The molecule has 1 heterocycles. The number of allylic oxidation sites excluding steroid dienone is 1. The number of aliphatic hydroxyl groups is 1. The van der Waals surface area contributed by atoms with Crippen molar-refractivity contribution < 1.29 is 15.0 Å². The van der Waals surface area contributed by atoms with Crippen LogP contribution in [0.2, 0.25) is 0 Å². The predicted octanol–water partition coefficient (Wildman–Crippen LogP) is 3.33. The maximum atomic E-state index is 11.1. The van der Waals surface area contributed by atoms with Crippen LogP contribution in [0.5, 0.6) is 0 Å². The molecule has 1 aromatic carbocycles. The number of hydrogen-bond acceptors (Lipinski definition) is 6. The van der Waals surface area contributed by atoms with Gasteiger partial charge in [0.2, 0.25) is 5.88 Å². The van der Waals surface area contributed by atoms with Gasteiger partial charge in [-0.3, -0.25) is 0 Å². The predicted molar refractivity (Wildman–Crippen MR) is 94.3 cm³/mol. The van der Waals surface area contributed by atoms with Crippen LogP contribution in [-0.4, -0.2) is 27.9 Å². The first kappa shape index (κ1) is 17.7. The number of carboxylic acid groups (broad SMARTS) is 1. The highest BCUT2D eigenvalue weighted by Crippen LogP contribution is 2.25. The number of carboxylic acids is 1. The van der Waals surface area contributed by atoms with E-state index in [1.54, 1.807) is 38.1 Å². The number of nitriles is 1. The van der Waals surface area contributed by atoms with Crippen molar-refractivity contribution in [3.63, 3.8) is 0 Å². The summed E-state index contributed by atoms with van der Waals surface area (Å²) in [4.78, 5) is 15.1. The molecule has 2 N–H and O–H groups in total. The van der Waals surface area contributed by atoms with Gasteiger partial charge in [-0.15, -0.1) is 0 Å². The number of rotatable bonds is 5. The van der Waals surface area contributed by atoms with Crippen LogP contribution in [0.25, 0.3) is 5.57 Å². The molecule has 126 valence electrons. The van der Waals surface area contributed by atoms with Gasteiger partial charge in [-0.2, -0.15) is 15.4 Å². The number of pyridine rings is 1. The number of nitrogens with zero attached hydrogens (tertiary/aromatic N) is 4. The molecular weight excluding hydrogens is 320 g/mol. The van der Waals surface area contributed by atoms with Crippen LogP contribution < -0.4 is 5.01 Å². The van der Waals surface area contributed by atoms with Gasteiger partial charge < -0.3 is 10.2 Å². The first-order valence-electron chi connectivity index (χ1n) is 7.26. The van der Waals surface area contributed by atoms with E-state index in [4.69, 9.17) is 10.4 Å². The van der Waals surface area contributed by atoms with Crippen LogP contribution in [-0.2, 0) is 0 Å². The molecule has 0 saturated carbocycles. The van der Waals surface area contributed by atoms with Gasteiger partial charge >= 0.3 is 5.97 Å². The molecule has 7 heteroatoms. The van der Waals surface area contributed by atoms with E-state index >= 15 is 0 Å². The summed E-state index contributed by atoms with van der Waals surface area (Å²) in [6.07, 6.45) is 1.20. The maximum absolute atomic E-state index is 11.1. The van der Waals surface area contributed by atoms with Crippen LogP contribution in [0.3, 0.4) is 0 Å². The van der Waals surface area contributed by atoms with Gasteiger partial charge in [-0.25, -0.2) is 9.78 Å².